The van der Waals surface area contributed by atoms with Crippen LogP contribution in [0.15, 0.2) is 78.0 Å². The van der Waals surface area contributed by atoms with Crippen LogP contribution in [0.5, 0.6) is 0 Å². The van der Waals surface area contributed by atoms with Crippen molar-refractivity contribution in [2.45, 2.75) is 20.4 Å². The van der Waals surface area contributed by atoms with Gasteiger partial charge in [-0.15, -0.1) is 0 Å². The van der Waals surface area contributed by atoms with E-state index in [9.17, 15) is 4.79 Å². The third-order valence-electron chi connectivity index (χ3n) is 4.08. The zero-order chi connectivity index (χ0) is 19.1. The number of carbonyl (C=O) groups excluding carboxylic acids is 1. The third-order valence-corrected chi connectivity index (χ3v) is 4.08. The fourth-order valence-electron chi connectivity index (χ4n) is 2.58. The van der Waals surface area contributed by atoms with Crippen LogP contribution >= 0.6 is 0 Å². The molecule has 2 N–H and O–H groups in total. The number of para-hydroxylation sites is 1. The van der Waals surface area contributed by atoms with Gasteiger partial charge in [0, 0.05) is 23.6 Å². The average Bonchev–Trinajstić information content (AvgIpc) is 2.68. The monoisotopic (exact) mass is 358 g/mol. The van der Waals surface area contributed by atoms with Crippen LogP contribution in [0.1, 0.15) is 27.0 Å². The van der Waals surface area contributed by atoms with E-state index < -0.39 is 0 Å². The van der Waals surface area contributed by atoms with E-state index in [2.05, 4.69) is 20.6 Å². The number of hydrogen-bond acceptors (Lipinski definition) is 3. The van der Waals surface area contributed by atoms with Gasteiger partial charge in [0.25, 0.3) is 5.91 Å². The van der Waals surface area contributed by atoms with E-state index in [1.165, 1.54) is 0 Å². The molecule has 1 aromatic heterocycles. The van der Waals surface area contributed by atoms with Gasteiger partial charge in [0.15, 0.2) is 0 Å². The zero-order valence-corrected chi connectivity index (χ0v) is 15.4. The van der Waals surface area contributed by atoms with Crippen LogP contribution < -0.4 is 10.6 Å². The van der Waals surface area contributed by atoms with E-state index in [1.807, 2.05) is 68.4 Å². The molecule has 0 aliphatic carbocycles. The molecular formula is C22H22N4O. The SMILES string of the molecule is Cc1cccc(C(=O)NC(=NCc2ccncc2)Nc2ccccc2C)c1. The number of guanidine groups is 1. The van der Waals surface area contributed by atoms with Gasteiger partial charge in [-0.2, -0.15) is 0 Å². The number of rotatable bonds is 4. The number of aliphatic imine (C=N–C) groups is 1. The predicted molar refractivity (Wildman–Crippen MR) is 109 cm³/mol. The highest BCUT2D eigenvalue weighted by Crippen LogP contribution is 2.13. The highest BCUT2D eigenvalue weighted by atomic mass is 16.1. The molecule has 27 heavy (non-hydrogen) atoms. The van der Waals surface area contributed by atoms with Crippen LogP contribution in [0.2, 0.25) is 0 Å². The van der Waals surface area contributed by atoms with Crippen molar-refractivity contribution in [2.24, 2.45) is 4.99 Å². The quantitative estimate of drug-likeness (QED) is 0.545. The molecule has 5 nitrogen and oxygen atoms in total. The van der Waals surface area contributed by atoms with E-state index in [0.29, 0.717) is 18.1 Å². The summed E-state index contributed by atoms with van der Waals surface area (Å²) in [5.41, 5.74) is 4.61. The molecule has 0 saturated heterocycles. The van der Waals surface area contributed by atoms with E-state index in [4.69, 9.17) is 0 Å². The molecular weight excluding hydrogens is 336 g/mol. The van der Waals surface area contributed by atoms with Gasteiger partial charge in [0.2, 0.25) is 5.96 Å². The predicted octanol–water partition coefficient (Wildman–Crippen LogP) is 4.10. The van der Waals surface area contributed by atoms with Crippen molar-refractivity contribution >= 4 is 17.6 Å². The van der Waals surface area contributed by atoms with Crippen LogP contribution in [-0.2, 0) is 6.54 Å². The minimum Gasteiger partial charge on any atom is -0.326 e. The summed E-state index contributed by atoms with van der Waals surface area (Å²) >= 11 is 0. The molecule has 0 unspecified atom stereocenters. The summed E-state index contributed by atoms with van der Waals surface area (Å²) in [4.78, 5) is 21.2. The number of aromatic nitrogens is 1. The van der Waals surface area contributed by atoms with Crippen molar-refractivity contribution in [3.63, 3.8) is 0 Å². The summed E-state index contributed by atoms with van der Waals surface area (Å²) in [5, 5.41) is 6.13. The van der Waals surface area contributed by atoms with E-state index in [1.54, 1.807) is 18.5 Å². The van der Waals surface area contributed by atoms with Gasteiger partial charge in [-0.05, 0) is 55.3 Å². The topological polar surface area (TPSA) is 66.4 Å². The summed E-state index contributed by atoms with van der Waals surface area (Å²) < 4.78 is 0. The van der Waals surface area contributed by atoms with Gasteiger partial charge >= 0.3 is 0 Å². The normalized spacial score (nSPS) is 11.1. The lowest BCUT2D eigenvalue weighted by Crippen LogP contribution is -2.36. The van der Waals surface area contributed by atoms with Crippen molar-refractivity contribution in [1.82, 2.24) is 10.3 Å². The number of anilines is 1. The molecule has 0 bridgehead atoms. The molecule has 136 valence electrons. The zero-order valence-electron chi connectivity index (χ0n) is 15.4. The van der Waals surface area contributed by atoms with Crippen molar-refractivity contribution in [2.75, 3.05) is 5.32 Å². The summed E-state index contributed by atoms with van der Waals surface area (Å²) in [6, 6.07) is 19.1. The summed E-state index contributed by atoms with van der Waals surface area (Å²) in [7, 11) is 0. The Bertz CT molecular complexity index is 951. The molecule has 1 heterocycles. The second-order valence-electron chi connectivity index (χ2n) is 6.28. The second-order valence-corrected chi connectivity index (χ2v) is 6.28. The van der Waals surface area contributed by atoms with Crippen LogP contribution in [0.25, 0.3) is 0 Å². The Kier molecular flexibility index (Phi) is 5.94. The van der Waals surface area contributed by atoms with Gasteiger partial charge in [0.05, 0.1) is 6.54 Å². The molecule has 0 saturated carbocycles. The fourth-order valence-corrected chi connectivity index (χ4v) is 2.58. The Morgan fingerprint density at radius 2 is 1.78 bits per heavy atom. The summed E-state index contributed by atoms with van der Waals surface area (Å²) in [6.45, 7) is 4.40. The van der Waals surface area contributed by atoms with Gasteiger partial charge < -0.3 is 5.32 Å². The van der Waals surface area contributed by atoms with Crippen LogP contribution in [0.4, 0.5) is 5.69 Å². The lowest BCUT2D eigenvalue weighted by Gasteiger charge is -2.14. The highest BCUT2D eigenvalue weighted by molar-refractivity contribution is 6.10. The smallest absolute Gasteiger partial charge is 0.257 e. The Balaban J connectivity index is 1.82. The summed E-state index contributed by atoms with van der Waals surface area (Å²) in [5.74, 6) is 0.209. The Labute approximate surface area is 159 Å². The van der Waals surface area contributed by atoms with E-state index >= 15 is 0 Å². The minimum atomic E-state index is -0.201. The van der Waals surface area contributed by atoms with Gasteiger partial charge in [-0.1, -0.05) is 35.9 Å². The van der Waals surface area contributed by atoms with Crippen molar-refractivity contribution in [1.29, 1.82) is 0 Å². The molecule has 3 rings (SSSR count). The standard InChI is InChI=1S/C22H22N4O/c1-16-6-5-8-19(14-16)21(27)26-22(24-15-18-10-12-23-13-11-18)25-20-9-4-3-7-17(20)2/h3-14H,15H2,1-2H3,(H2,24,25,26,27). The lowest BCUT2D eigenvalue weighted by molar-refractivity contribution is 0.0977. The largest absolute Gasteiger partial charge is 0.326 e. The number of benzene rings is 2. The molecule has 0 fully saturated rings. The number of hydrogen-bond donors (Lipinski definition) is 2. The molecule has 0 aliphatic rings. The first-order valence-electron chi connectivity index (χ1n) is 8.76. The fraction of sp³-hybridized carbons (Fsp3) is 0.136. The van der Waals surface area contributed by atoms with Crippen molar-refractivity contribution in [3.8, 4) is 0 Å². The van der Waals surface area contributed by atoms with Crippen LogP contribution in [0, 0.1) is 13.8 Å². The van der Waals surface area contributed by atoms with Crippen LogP contribution in [-0.4, -0.2) is 16.9 Å². The molecule has 1 amide bonds. The third kappa shape index (κ3) is 5.25. The number of nitrogens with zero attached hydrogens (tertiary/aromatic N) is 2. The average molecular weight is 358 g/mol. The van der Waals surface area contributed by atoms with Crippen molar-refractivity contribution < 1.29 is 4.79 Å². The second kappa shape index (κ2) is 8.76. The Morgan fingerprint density at radius 1 is 1.00 bits per heavy atom. The van der Waals surface area contributed by atoms with Gasteiger partial charge in [-0.25, -0.2) is 4.99 Å². The number of carbonyl (C=O) groups is 1. The maximum Gasteiger partial charge on any atom is 0.257 e. The Hall–Kier alpha value is -3.47. The number of amides is 1. The first-order chi connectivity index (χ1) is 13.1. The van der Waals surface area contributed by atoms with Gasteiger partial charge in [0.1, 0.15) is 0 Å². The maximum atomic E-state index is 12.7. The first-order valence-corrected chi connectivity index (χ1v) is 8.76. The Morgan fingerprint density at radius 3 is 2.52 bits per heavy atom. The highest BCUT2D eigenvalue weighted by Gasteiger charge is 2.10. The van der Waals surface area contributed by atoms with Crippen molar-refractivity contribution in [3.05, 3.63) is 95.3 Å². The molecule has 0 atom stereocenters. The minimum absolute atomic E-state index is 0.201. The molecule has 0 spiro atoms. The van der Waals surface area contributed by atoms with Crippen LogP contribution in [0.3, 0.4) is 0 Å². The molecule has 0 aliphatic heterocycles. The number of aryl methyl sites for hydroxylation is 2. The molecule has 2 aromatic carbocycles. The number of nitrogens with one attached hydrogen (secondary N) is 2. The molecule has 5 heteroatoms. The molecule has 3 aromatic rings. The maximum absolute atomic E-state index is 12.7. The number of pyridine rings is 1. The van der Waals surface area contributed by atoms with Gasteiger partial charge in [-0.3, -0.25) is 15.1 Å². The summed E-state index contributed by atoms with van der Waals surface area (Å²) in [6.07, 6.45) is 3.45. The lowest BCUT2D eigenvalue weighted by atomic mass is 10.1. The first kappa shape index (κ1) is 18.3. The van der Waals surface area contributed by atoms with E-state index in [-0.39, 0.29) is 5.91 Å². The molecule has 0 radical (unpaired) electrons. The van der Waals surface area contributed by atoms with E-state index in [0.717, 1.165) is 22.4 Å².